The molecule has 1 fully saturated rings. The minimum absolute atomic E-state index is 0.0513. The summed E-state index contributed by atoms with van der Waals surface area (Å²) in [5, 5.41) is 9.59. The van der Waals surface area contributed by atoms with Gasteiger partial charge < -0.3 is 10.0 Å². The zero-order valence-corrected chi connectivity index (χ0v) is 14.6. The highest BCUT2D eigenvalue weighted by atomic mass is 16.3. The van der Waals surface area contributed by atoms with Crippen molar-refractivity contribution in [2.24, 2.45) is 11.3 Å². The normalized spacial score (nSPS) is 18.7. The highest BCUT2D eigenvalue weighted by molar-refractivity contribution is 5.76. The molecule has 1 aromatic rings. The standard InChI is InChI=1S/C20H31NO2/c1-3-20(16-22)11-13-21(14-12-20)19(23)15-17(2)9-10-18-7-5-4-6-8-18/h4-8,17,22H,3,9-16H2,1-2H3. The van der Waals surface area contributed by atoms with Crippen LogP contribution in [0, 0.1) is 11.3 Å². The number of amides is 1. The molecule has 23 heavy (non-hydrogen) atoms. The Kier molecular flexibility index (Phi) is 6.64. The van der Waals surface area contributed by atoms with Gasteiger partial charge in [-0.25, -0.2) is 0 Å². The quantitative estimate of drug-likeness (QED) is 0.834. The number of nitrogens with zero attached hydrogens (tertiary/aromatic N) is 1. The van der Waals surface area contributed by atoms with Crippen LogP contribution in [0.15, 0.2) is 30.3 Å². The summed E-state index contributed by atoms with van der Waals surface area (Å²) < 4.78 is 0. The van der Waals surface area contributed by atoms with E-state index >= 15 is 0 Å². The van der Waals surface area contributed by atoms with Crippen molar-refractivity contribution in [1.82, 2.24) is 4.90 Å². The number of hydrogen-bond donors (Lipinski definition) is 1. The average Bonchev–Trinajstić information content (AvgIpc) is 2.61. The molecule has 1 aliphatic rings. The zero-order chi connectivity index (χ0) is 16.7. The number of rotatable bonds is 7. The van der Waals surface area contributed by atoms with Gasteiger partial charge in [-0.1, -0.05) is 44.2 Å². The van der Waals surface area contributed by atoms with E-state index in [1.54, 1.807) is 0 Å². The lowest BCUT2D eigenvalue weighted by atomic mass is 9.77. The fourth-order valence-electron chi connectivity index (χ4n) is 3.44. The molecule has 3 heteroatoms. The molecule has 3 nitrogen and oxygen atoms in total. The van der Waals surface area contributed by atoms with Gasteiger partial charge in [-0.15, -0.1) is 0 Å². The van der Waals surface area contributed by atoms with Gasteiger partial charge in [-0.05, 0) is 49.0 Å². The maximum atomic E-state index is 12.5. The number of aliphatic hydroxyl groups excluding tert-OH is 1. The molecular weight excluding hydrogens is 286 g/mol. The lowest BCUT2D eigenvalue weighted by molar-refractivity contribution is -0.135. The van der Waals surface area contributed by atoms with E-state index in [0.717, 1.165) is 45.2 Å². The van der Waals surface area contributed by atoms with E-state index in [0.29, 0.717) is 12.3 Å². The van der Waals surface area contributed by atoms with Gasteiger partial charge in [-0.3, -0.25) is 4.79 Å². The van der Waals surface area contributed by atoms with Crippen LogP contribution in [0.25, 0.3) is 0 Å². The maximum Gasteiger partial charge on any atom is 0.222 e. The number of likely N-dealkylation sites (tertiary alicyclic amines) is 1. The van der Waals surface area contributed by atoms with Crippen molar-refractivity contribution in [3.63, 3.8) is 0 Å². The molecule has 0 saturated carbocycles. The average molecular weight is 317 g/mol. The zero-order valence-electron chi connectivity index (χ0n) is 14.6. The van der Waals surface area contributed by atoms with Crippen molar-refractivity contribution in [1.29, 1.82) is 0 Å². The van der Waals surface area contributed by atoms with Gasteiger partial charge in [-0.2, -0.15) is 0 Å². The Morgan fingerprint density at radius 3 is 2.48 bits per heavy atom. The van der Waals surface area contributed by atoms with E-state index in [4.69, 9.17) is 0 Å². The van der Waals surface area contributed by atoms with Gasteiger partial charge in [0.1, 0.15) is 0 Å². The predicted molar refractivity (Wildman–Crippen MR) is 94.2 cm³/mol. The summed E-state index contributed by atoms with van der Waals surface area (Å²) >= 11 is 0. The molecule has 1 amide bonds. The Balaban J connectivity index is 1.74. The van der Waals surface area contributed by atoms with Gasteiger partial charge in [0.15, 0.2) is 0 Å². The summed E-state index contributed by atoms with van der Waals surface area (Å²) in [6, 6.07) is 10.5. The second kappa shape index (κ2) is 8.49. The molecule has 1 atom stereocenters. The molecule has 1 saturated heterocycles. The minimum atomic E-state index is 0.0513. The predicted octanol–water partition coefficient (Wildman–Crippen LogP) is 3.66. The summed E-state index contributed by atoms with van der Waals surface area (Å²) in [6.07, 6.45) is 5.61. The summed E-state index contributed by atoms with van der Waals surface area (Å²) in [6.45, 7) is 6.17. The topological polar surface area (TPSA) is 40.5 Å². The first-order valence-electron chi connectivity index (χ1n) is 9.01. The molecule has 1 N–H and O–H groups in total. The Morgan fingerprint density at radius 1 is 1.26 bits per heavy atom. The van der Waals surface area contributed by atoms with E-state index in [1.165, 1.54) is 5.56 Å². The summed E-state index contributed by atoms with van der Waals surface area (Å²) in [7, 11) is 0. The lowest BCUT2D eigenvalue weighted by Crippen LogP contribution is -2.44. The van der Waals surface area contributed by atoms with Crippen molar-refractivity contribution in [2.75, 3.05) is 19.7 Å². The van der Waals surface area contributed by atoms with E-state index in [9.17, 15) is 9.90 Å². The molecule has 0 aromatic heterocycles. The second-order valence-electron chi connectivity index (χ2n) is 7.23. The van der Waals surface area contributed by atoms with Gasteiger partial charge >= 0.3 is 0 Å². The molecular formula is C20H31NO2. The van der Waals surface area contributed by atoms with Crippen LogP contribution < -0.4 is 0 Å². The first-order valence-corrected chi connectivity index (χ1v) is 9.01. The first-order chi connectivity index (χ1) is 11.1. The molecule has 1 unspecified atom stereocenters. The molecule has 0 bridgehead atoms. The van der Waals surface area contributed by atoms with E-state index in [2.05, 4.69) is 38.1 Å². The molecule has 1 heterocycles. The number of piperidine rings is 1. The van der Waals surface area contributed by atoms with Gasteiger partial charge in [0.05, 0.1) is 0 Å². The van der Waals surface area contributed by atoms with Crippen LogP contribution in [-0.2, 0) is 11.2 Å². The Morgan fingerprint density at radius 2 is 1.91 bits per heavy atom. The van der Waals surface area contributed by atoms with Crippen molar-refractivity contribution in [3.8, 4) is 0 Å². The highest BCUT2D eigenvalue weighted by Gasteiger charge is 2.33. The van der Waals surface area contributed by atoms with Crippen LogP contribution in [0.5, 0.6) is 0 Å². The molecule has 2 rings (SSSR count). The number of aliphatic hydroxyl groups is 1. The van der Waals surface area contributed by atoms with Crippen LogP contribution in [-0.4, -0.2) is 35.6 Å². The number of hydrogen-bond acceptors (Lipinski definition) is 2. The monoisotopic (exact) mass is 317 g/mol. The van der Waals surface area contributed by atoms with Crippen molar-refractivity contribution < 1.29 is 9.90 Å². The third kappa shape index (κ3) is 5.07. The Labute approximate surface area is 140 Å². The number of carbonyl (C=O) groups excluding carboxylic acids is 1. The van der Waals surface area contributed by atoms with Gasteiger partial charge in [0, 0.05) is 26.1 Å². The third-order valence-electron chi connectivity index (χ3n) is 5.55. The largest absolute Gasteiger partial charge is 0.396 e. The van der Waals surface area contributed by atoms with Crippen molar-refractivity contribution in [2.45, 2.75) is 52.4 Å². The molecule has 0 radical (unpaired) electrons. The fourth-order valence-corrected chi connectivity index (χ4v) is 3.44. The third-order valence-corrected chi connectivity index (χ3v) is 5.55. The Bertz CT molecular complexity index is 472. The first kappa shape index (κ1) is 18.0. The van der Waals surface area contributed by atoms with Gasteiger partial charge in [0.25, 0.3) is 0 Å². The van der Waals surface area contributed by atoms with E-state index < -0.39 is 0 Å². The summed E-state index contributed by atoms with van der Waals surface area (Å²) in [5.74, 6) is 0.701. The number of aryl methyl sites for hydroxylation is 1. The Hall–Kier alpha value is -1.35. The summed E-state index contributed by atoms with van der Waals surface area (Å²) in [4.78, 5) is 14.5. The van der Waals surface area contributed by atoms with Gasteiger partial charge in [0.2, 0.25) is 5.91 Å². The van der Waals surface area contributed by atoms with E-state index in [1.807, 2.05) is 11.0 Å². The smallest absolute Gasteiger partial charge is 0.222 e. The minimum Gasteiger partial charge on any atom is -0.396 e. The molecule has 1 aromatic carbocycles. The molecule has 0 aliphatic carbocycles. The molecule has 0 spiro atoms. The van der Waals surface area contributed by atoms with Crippen LogP contribution in [0.4, 0.5) is 0 Å². The fraction of sp³-hybridized carbons (Fsp3) is 0.650. The van der Waals surface area contributed by atoms with Crippen LogP contribution in [0.3, 0.4) is 0 Å². The lowest BCUT2D eigenvalue weighted by Gasteiger charge is -2.40. The SMILES string of the molecule is CCC1(CO)CCN(C(=O)CC(C)CCc2ccccc2)CC1. The number of benzene rings is 1. The maximum absolute atomic E-state index is 12.5. The van der Waals surface area contributed by atoms with E-state index in [-0.39, 0.29) is 17.9 Å². The number of carbonyl (C=O) groups is 1. The highest BCUT2D eigenvalue weighted by Crippen LogP contribution is 2.34. The molecule has 1 aliphatic heterocycles. The van der Waals surface area contributed by atoms with Crippen molar-refractivity contribution >= 4 is 5.91 Å². The second-order valence-corrected chi connectivity index (χ2v) is 7.23. The van der Waals surface area contributed by atoms with Crippen LogP contribution in [0.2, 0.25) is 0 Å². The van der Waals surface area contributed by atoms with Crippen LogP contribution >= 0.6 is 0 Å². The summed E-state index contributed by atoms with van der Waals surface area (Å²) in [5.41, 5.74) is 1.40. The van der Waals surface area contributed by atoms with Crippen LogP contribution in [0.1, 0.15) is 51.5 Å². The van der Waals surface area contributed by atoms with Crippen molar-refractivity contribution in [3.05, 3.63) is 35.9 Å². The molecule has 128 valence electrons.